The van der Waals surface area contributed by atoms with Crippen molar-refractivity contribution in [2.24, 2.45) is 0 Å². The van der Waals surface area contributed by atoms with Gasteiger partial charge in [0, 0.05) is 5.39 Å². The largest absolute Gasteiger partial charge is 0.244 e. The van der Waals surface area contributed by atoms with Gasteiger partial charge >= 0.3 is 0 Å². The van der Waals surface area contributed by atoms with Crippen LogP contribution >= 0.6 is 0 Å². The SMILES string of the molecule is [C-]#[N+]c1ccc2c(c1)C1(c3ccccc3-c3ccccc31)c1cc(-c3ccc(-c4cc5nc6ccccc6nc5c5ccccc45)cc3)ccc1-2. The molecule has 8 aromatic carbocycles. The molecule has 0 aliphatic heterocycles. The summed E-state index contributed by atoms with van der Waals surface area (Å²) in [5.41, 5.74) is 18.4. The van der Waals surface area contributed by atoms with E-state index in [4.69, 9.17) is 16.5 Å². The summed E-state index contributed by atoms with van der Waals surface area (Å²) in [6.07, 6.45) is 0. The molecular weight excluding hydrogens is 619 g/mol. The maximum Gasteiger partial charge on any atom is 0.187 e. The lowest BCUT2D eigenvalue weighted by Gasteiger charge is -2.31. The zero-order valence-electron chi connectivity index (χ0n) is 27.4. The minimum atomic E-state index is -0.496. The second kappa shape index (κ2) is 10.3. The van der Waals surface area contributed by atoms with Gasteiger partial charge in [-0.3, -0.25) is 0 Å². The zero-order valence-corrected chi connectivity index (χ0v) is 27.4. The van der Waals surface area contributed by atoms with Gasteiger partial charge in [0.1, 0.15) is 0 Å². The third-order valence-corrected chi connectivity index (χ3v) is 11.1. The van der Waals surface area contributed by atoms with Crippen LogP contribution in [-0.4, -0.2) is 9.97 Å². The van der Waals surface area contributed by atoms with Crippen molar-refractivity contribution in [3.05, 3.63) is 197 Å². The second-order valence-corrected chi connectivity index (χ2v) is 13.6. The molecule has 0 bridgehead atoms. The smallest absolute Gasteiger partial charge is 0.187 e. The number of fused-ring (bicyclic) bond motifs is 14. The molecule has 3 heteroatoms. The van der Waals surface area contributed by atoms with Gasteiger partial charge in [0.2, 0.25) is 0 Å². The van der Waals surface area contributed by atoms with Gasteiger partial charge in [0.15, 0.2) is 5.69 Å². The molecular formula is C48H27N3. The lowest BCUT2D eigenvalue weighted by atomic mass is 9.70. The molecule has 9 aromatic rings. The minimum Gasteiger partial charge on any atom is -0.244 e. The summed E-state index contributed by atoms with van der Waals surface area (Å²) in [4.78, 5) is 13.9. The van der Waals surface area contributed by atoms with E-state index in [1.54, 1.807) is 0 Å². The van der Waals surface area contributed by atoms with Crippen LogP contribution in [0.25, 0.3) is 82.2 Å². The van der Waals surface area contributed by atoms with Crippen molar-refractivity contribution < 1.29 is 0 Å². The van der Waals surface area contributed by atoms with Crippen LogP contribution in [0.1, 0.15) is 22.3 Å². The van der Waals surface area contributed by atoms with Crippen molar-refractivity contribution in [2.75, 3.05) is 0 Å². The lowest BCUT2D eigenvalue weighted by molar-refractivity contribution is 0.794. The second-order valence-electron chi connectivity index (χ2n) is 13.6. The molecule has 1 aromatic heterocycles. The van der Waals surface area contributed by atoms with E-state index in [1.165, 1.54) is 50.1 Å². The number of rotatable bonds is 2. The molecule has 1 spiro atoms. The maximum atomic E-state index is 7.88. The Kier molecular flexibility index (Phi) is 5.66. The fourth-order valence-corrected chi connectivity index (χ4v) is 8.91. The molecule has 0 saturated carbocycles. The third-order valence-electron chi connectivity index (χ3n) is 11.1. The van der Waals surface area contributed by atoms with Gasteiger partial charge in [-0.1, -0.05) is 140 Å². The van der Waals surface area contributed by atoms with Crippen LogP contribution in [0.5, 0.6) is 0 Å². The van der Waals surface area contributed by atoms with Crippen LogP contribution in [0.4, 0.5) is 5.69 Å². The average Bonchev–Trinajstić information content (AvgIpc) is 3.66. The maximum absolute atomic E-state index is 7.88. The molecule has 0 atom stereocenters. The predicted octanol–water partition coefficient (Wildman–Crippen LogP) is 12.2. The van der Waals surface area contributed by atoms with E-state index in [1.807, 2.05) is 30.3 Å². The number of aromatic nitrogens is 2. The van der Waals surface area contributed by atoms with Crippen molar-refractivity contribution in [1.29, 1.82) is 0 Å². The van der Waals surface area contributed by atoms with Crippen LogP contribution in [0.3, 0.4) is 0 Å². The Balaban J connectivity index is 1.09. The predicted molar refractivity (Wildman–Crippen MR) is 208 cm³/mol. The molecule has 0 radical (unpaired) electrons. The van der Waals surface area contributed by atoms with Gasteiger partial charge in [0.25, 0.3) is 0 Å². The first-order chi connectivity index (χ1) is 25.2. The molecule has 2 aliphatic carbocycles. The highest BCUT2D eigenvalue weighted by Crippen LogP contribution is 2.63. The fourth-order valence-electron chi connectivity index (χ4n) is 8.91. The van der Waals surface area contributed by atoms with Crippen molar-refractivity contribution in [2.45, 2.75) is 5.41 Å². The Hall–Kier alpha value is -6.89. The Labute approximate surface area is 295 Å². The Morgan fingerprint density at radius 1 is 0.392 bits per heavy atom. The summed E-state index contributed by atoms with van der Waals surface area (Å²) >= 11 is 0. The number of benzene rings is 8. The Bertz CT molecular complexity index is 2940. The van der Waals surface area contributed by atoms with Crippen LogP contribution in [-0.2, 0) is 5.41 Å². The quantitative estimate of drug-likeness (QED) is 0.106. The molecule has 11 rings (SSSR count). The van der Waals surface area contributed by atoms with E-state index < -0.39 is 5.41 Å². The van der Waals surface area contributed by atoms with Gasteiger partial charge in [-0.05, 0) is 96.4 Å². The van der Waals surface area contributed by atoms with E-state index in [0.717, 1.165) is 49.5 Å². The van der Waals surface area contributed by atoms with Crippen LogP contribution < -0.4 is 0 Å². The molecule has 0 saturated heterocycles. The monoisotopic (exact) mass is 645 g/mol. The summed E-state index contributed by atoms with van der Waals surface area (Å²) in [6.45, 7) is 7.88. The molecule has 1 heterocycles. The van der Waals surface area contributed by atoms with Crippen molar-refractivity contribution >= 4 is 38.5 Å². The molecule has 3 nitrogen and oxygen atoms in total. The molecule has 0 amide bonds. The summed E-state index contributed by atoms with van der Waals surface area (Å²) in [5, 5.41) is 2.27. The summed E-state index contributed by atoms with van der Waals surface area (Å²) in [5.74, 6) is 0. The van der Waals surface area contributed by atoms with Gasteiger partial charge in [0.05, 0.1) is 34.1 Å². The highest BCUT2D eigenvalue weighted by molar-refractivity contribution is 6.12. The first kappa shape index (κ1) is 28.0. The summed E-state index contributed by atoms with van der Waals surface area (Å²) < 4.78 is 0. The highest BCUT2D eigenvalue weighted by Gasteiger charge is 2.51. The van der Waals surface area contributed by atoms with Crippen LogP contribution in [0.2, 0.25) is 0 Å². The Morgan fingerprint density at radius 2 is 0.941 bits per heavy atom. The van der Waals surface area contributed by atoms with Gasteiger partial charge in [-0.2, -0.15) is 0 Å². The average molecular weight is 646 g/mol. The van der Waals surface area contributed by atoms with E-state index in [0.29, 0.717) is 5.69 Å². The number of para-hydroxylation sites is 2. The van der Waals surface area contributed by atoms with E-state index in [9.17, 15) is 0 Å². The molecule has 234 valence electrons. The molecule has 2 aliphatic rings. The summed E-state index contributed by atoms with van der Waals surface area (Å²) in [6, 6.07) is 58.5. The summed E-state index contributed by atoms with van der Waals surface area (Å²) in [7, 11) is 0. The van der Waals surface area contributed by atoms with Crippen molar-refractivity contribution in [3.63, 3.8) is 0 Å². The fraction of sp³-hybridized carbons (Fsp3) is 0.0208. The zero-order chi connectivity index (χ0) is 33.7. The van der Waals surface area contributed by atoms with E-state index in [-0.39, 0.29) is 0 Å². The van der Waals surface area contributed by atoms with E-state index >= 15 is 0 Å². The van der Waals surface area contributed by atoms with Gasteiger partial charge < -0.3 is 0 Å². The minimum absolute atomic E-state index is 0.496. The molecule has 0 fully saturated rings. The van der Waals surface area contributed by atoms with E-state index in [2.05, 4.69) is 138 Å². The highest BCUT2D eigenvalue weighted by atomic mass is 14.8. The van der Waals surface area contributed by atoms with Crippen molar-refractivity contribution in [3.8, 4) is 44.5 Å². The normalized spacial score (nSPS) is 13.2. The Morgan fingerprint density at radius 3 is 1.67 bits per heavy atom. The third kappa shape index (κ3) is 3.76. The standard InChI is InChI=1S/C48H27N3/c1-49-32-23-25-37-36-24-22-31(26-42(36)48(43(37)27-32)40-14-6-4-11-34(40)35-12-5-7-15-41(35)48)29-18-20-30(21-19-29)39-28-46-47(38-13-3-2-10-33(38)39)51-45-17-9-8-16-44(45)50-46/h2-28H. The van der Waals surface area contributed by atoms with Gasteiger partial charge in [-0.25, -0.2) is 14.8 Å². The first-order valence-corrected chi connectivity index (χ1v) is 17.3. The lowest BCUT2D eigenvalue weighted by Crippen LogP contribution is -2.25. The molecule has 0 N–H and O–H groups in total. The van der Waals surface area contributed by atoms with Crippen LogP contribution in [0, 0.1) is 6.57 Å². The topological polar surface area (TPSA) is 30.1 Å². The number of nitrogens with zero attached hydrogens (tertiary/aromatic N) is 3. The first-order valence-electron chi connectivity index (χ1n) is 17.3. The molecule has 51 heavy (non-hydrogen) atoms. The molecule has 0 unspecified atom stereocenters. The van der Waals surface area contributed by atoms with Crippen molar-refractivity contribution in [1.82, 2.24) is 9.97 Å². The number of hydrogen-bond acceptors (Lipinski definition) is 2. The van der Waals surface area contributed by atoms with Gasteiger partial charge in [-0.15, -0.1) is 0 Å². The number of hydrogen-bond donors (Lipinski definition) is 0. The van der Waals surface area contributed by atoms with Crippen LogP contribution in [0.15, 0.2) is 164 Å².